The summed E-state index contributed by atoms with van der Waals surface area (Å²) in [5.41, 5.74) is 0.806. The number of hydrogen-bond acceptors (Lipinski definition) is 2. The Balaban J connectivity index is 2.17. The number of hydrogen-bond donors (Lipinski definition) is 2. The largest absolute Gasteiger partial charge is 0.388 e. The molecule has 0 fully saturated rings. The first-order valence-electron chi connectivity index (χ1n) is 4.78. The summed E-state index contributed by atoms with van der Waals surface area (Å²) in [4.78, 5) is 7.03. The van der Waals surface area contributed by atoms with Crippen molar-refractivity contribution in [2.75, 3.05) is 0 Å². The first kappa shape index (κ1) is 11.6. The highest BCUT2D eigenvalue weighted by Crippen LogP contribution is 2.28. The van der Waals surface area contributed by atoms with Crippen LogP contribution in [0.3, 0.4) is 0 Å². The van der Waals surface area contributed by atoms with E-state index in [2.05, 4.69) is 25.9 Å². The zero-order valence-electron chi connectivity index (χ0n) is 8.32. The van der Waals surface area contributed by atoms with E-state index < -0.39 is 6.10 Å². The fourth-order valence-corrected chi connectivity index (χ4v) is 2.42. The van der Waals surface area contributed by atoms with Gasteiger partial charge in [-0.25, -0.2) is 4.98 Å². The number of aliphatic hydroxyl groups is 1. The first-order valence-corrected chi connectivity index (χ1v) is 5.95. The quantitative estimate of drug-likeness (QED) is 0.915. The Hall–Kier alpha value is -0.840. The molecule has 0 amide bonds. The zero-order valence-corrected chi connectivity index (χ0v) is 10.7. The Morgan fingerprint density at radius 2 is 2.31 bits per heavy atom. The fraction of sp³-hybridized carbons (Fsp3) is 0.182. The van der Waals surface area contributed by atoms with Crippen molar-refractivity contribution in [1.82, 2.24) is 9.97 Å². The number of aromatic nitrogens is 2. The van der Waals surface area contributed by atoms with Crippen LogP contribution in [0, 0.1) is 0 Å². The summed E-state index contributed by atoms with van der Waals surface area (Å²) in [5, 5.41) is 10.7. The average molecular weight is 302 g/mol. The molecule has 0 bridgehead atoms. The summed E-state index contributed by atoms with van der Waals surface area (Å²) in [6, 6.07) is 5.33. The smallest absolute Gasteiger partial charge is 0.108 e. The van der Waals surface area contributed by atoms with Gasteiger partial charge in [0.25, 0.3) is 0 Å². The van der Waals surface area contributed by atoms with Crippen LogP contribution in [0.25, 0.3) is 0 Å². The zero-order chi connectivity index (χ0) is 11.5. The number of imidazole rings is 1. The summed E-state index contributed by atoms with van der Waals surface area (Å²) in [7, 11) is 0. The van der Waals surface area contributed by atoms with Crippen LogP contribution in [0.5, 0.6) is 0 Å². The van der Waals surface area contributed by atoms with Gasteiger partial charge in [0, 0.05) is 28.3 Å². The van der Waals surface area contributed by atoms with Crippen LogP contribution in [0.1, 0.15) is 17.5 Å². The molecule has 84 valence electrons. The van der Waals surface area contributed by atoms with Gasteiger partial charge in [0.15, 0.2) is 0 Å². The minimum atomic E-state index is -0.599. The van der Waals surface area contributed by atoms with E-state index >= 15 is 0 Å². The maximum Gasteiger partial charge on any atom is 0.108 e. The molecular weight excluding hydrogens is 291 g/mol. The van der Waals surface area contributed by atoms with Crippen LogP contribution in [-0.2, 0) is 6.42 Å². The van der Waals surface area contributed by atoms with Gasteiger partial charge < -0.3 is 10.1 Å². The summed E-state index contributed by atoms with van der Waals surface area (Å²) in [6.07, 6.45) is 3.25. The van der Waals surface area contributed by atoms with Crippen molar-refractivity contribution in [2.24, 2.45) is 0 Å². The Labute approximate surface area is 107 Å². The lowest BCUT2D eigenvalue weighted by molar-refractivity contribution is 0.175. The molecule has 0 radical (unpaired) electrons. The van der Waals surface area contributed by atoms with Crippen molar-refractivity contribution in [2.45, 2.75) is 12.5 Å². The third kappa shape index (κ3) is 2.64. The Morgan fingerprint density at radius 3 is 2.94 bits per heavy atom. The van der Waals surface area contributed by atoms with Gasteiger partial charge in [-0.15, -0.1) is 0 Å². The number of H-pyrrole nitrogens is 1. The molecule has 3 nitrogen and oxygen atoms in total. The molecule has 5 heteroatoms. The van der Waals surface area contributed by atoms with Gasteiger partial charge in [0.1, 0.15) is 5.82 Å². The second kappa shape index (κ2) is 4.99. The second-order valence-corrected chi connectivity index (χ2v) is 4.71. The van der Waals surface area contributed by atoms with Gasteiger partial charge in [-0.1, -0.05) is 33.6 Å². The van der Waals surface area contributed by atoms with Crippen molar-refractivity contribution in [3.05, 3.63) is 51.5 Å². The number of nitrogens with zero attached hydrogens (tertiary/aromatic N) is 1. The maximum absolute atomic E-state index is 10.0. The molecule has 0 saturated carbocycles. The highest BCUT2D eigenvalue weighted by atomic mass is 79.9. The number of nitrogens with one attached hydrogen (secondary N) is 1. The molecule has 1 aromatic heterocycles. The van der Waals surface area contributed by atoms with Gasteiger partial charge in [-0.05, 0) is 17.7 Å². The topological polar surface area (TPSA) is 48.9 Å². The molecule has 0 aliphatic heterocycles. The number of benzene rings is 1. The molecule has 1 atom stereocenters. The normalized spacial score (nSPS) is 12.7. The summed E-state index contributed by atoms with van der Waals surface area (Å²) in [6.45, 7) is 0. The molecule has 0 aliphatic carbocycles. The van der Waals surface area contributed by atoms with Gasteiger partial charge in [0.05, 0.1) is 6.10 Å². The van der Waals surface area contributed by atoms with Crippen LogP contribution in [-0.4, -0.2) is 15.1 Å². The predicted molar refractivity (Wildman–Crippen MR) is 66.4 cm³/mol. The van der Waals surface area contributed by atoms with Crippen LogP contribution < -0.4 is 0 Å². The molecule has 0 saturated heterocycles. The molecule has 1 heterocycles. The number of rotatable bonds is 3. The monoisotopic (exact) mass is 300 g/mol. The molecule has 2 aromatic rings. The summed E-state index contributed by atoms with van der Waals surface area (Å²) < 4.78 is 0.805. The molecule has 1 aromatic carbocycles. The van der Waals surface area contributed by atoms with E-state index in [0.717, 1.165) is 15.9 Å². The summed E-state index contributed by atoms with van der Waals surface area (Å²) >= 11 is 9.21. The van der Waals surface area contributed by atoms with E-state index in [9.17, 15) is 5.11 Å². The fourth-order valence-electron chi connectivity index (χ4n) is 1.47. The van der Waals surface area contributed by atoms with Crippen LogP contribution in [0.15, 0.2) is 35.1 Å². The van der Waals surface area contributed by atoms with Crippen molar-refractivity contribution < 1.29 is 5.11 Å². The molecular formula is C11H10BrClN2O. The predicted octanol–water partition coefficient (Wildman–Crippen LogP) is 3.10. The van der Waals surface area contributed by atoms with Gasteiger partial charge in [0.2, 0.25) is 0 Å². The lowest BCUT2D eigenvalue weighted by Crippen LogP contribution is -2.04. The molecule has 0 aliphatic rings. The first-order chi connectivity index (χ1) is 7.66. The standard InChI is InChI=1S/C11H10BrClN2O/c12-9-5-7(13)1-2-8(9)10(16)6-11-14-3-4-15-11/h1-5,10,16H,6H2,(H,14,15). The number of aliphatic hydroxyl groups excluding tert-OH is 1. The Morgan fingerprint density at radius 1 is 1.50 bits per heavy atom. The number of aromatic amines is 1. The Bertz CT molecular complexity index is 473. The molecule has 2 rings (SSSR count). The third-order valence-corrected chi connectivity index (χ3v) is 3.18. The van der Waals surface area contributed by atoms with E-state index in [0.29, 0.717) is 11.4 Å². The lowest BCUT2D eigenvalue weighted by atomic mass is 10.1. The van der Waals surface area contributed by atoms with E-state index in [4.69, 9.17) is 11.6 Å². The van der Waals surface area contributed by atoms with Crippen molar-refractivity contribution >= 4 is 27.5 Å². The van der Waals surface area contributed by atoms with Gasteiger partial charge in [-0.3, -0.25) is 0 Å². The van der Waals surface area contributed by atoms with Crippen LogP contribution in [0.2, 0.25) is 5.02 Å². The molecule has 2 N–H and O–H groups in total. The number of halogens is 2. The van der Waals surface area contributed by atoms with Gasteiger partial charge >= 0.3 is 0 Å². The lowest BCUT2D eigenvalue weighted by Gasteiger charge is -2.11. The third-order valence-electron chi connectivity index (χ3n) is 2.26. The van der Waals surface area contributed by atoms with Crippen molar-refractivity contribution in [3.8, 4) is 0 Å². The highest BCUT2D eigenvalue weighted by molar-refractivity contribution is 9.10. The minimum absolute atomic E-state index is 0.452. The van der Waals surface area contributed by atoms with E-state index in [-0.39, 0.29) is 0 Å². The minimum Gasteiger partial charge on any atom is -0.388 e. The van der Waals surface area contributed by atoms with E-state index in [1.807, 2.05) is 0 Å². The van der Waals surface area contributed by atoms with E-state index in [1.54, 1.807) is 30.6 Å². The SMILES string of the molecule is OC(Cc1ncc[nH]1)c1ccc(Cl)cc1Br. The van der Waals surface area contributed by atoms with E-state index in [1.165, 1.54) is 0 Å². The van der Waals surface area contributed by atoms with Crippen LogP contribution in [0.4, 0.5) is 0 Å². The van der Waals surface area contributed by atoms with Crippen LogP contribution >= 0.6 is 27.5 Å². The maximum atomic E-state index is 10.0. The molecule has 1 unspecified atom stereocenters. The highest BCUT2D eigenvalue weighted by Gasteiger charge is 2.13. The molecule has 16 heavy (non-hydrogen) atoms. The average Bonchev–Trinajstić information content (AvgIpc) is 2.70. The summed E-state index contributed by atoms with van der Waals surface area (Å²) in [5.74, 6) is 0.759. The second-order valence-electron chi connectivity index (χ2n) is 3.42. The van der Waals surface area contributed by atoms with Crippen molar-refractivity contribution in [3.63, 3.8) is 0 Å². The van der Waals surface area contributed by atoms with Gasteiger partial charge in [-0.2, -0.15) is 0 Å². The Kier molecular flexibility index (Phi) is 3.63. The molecule has 0 spiro atoms. The van der Waals surface area contributed by atoms with Crippen molar-refractivity contribution in [1.29, 1.82) is 0 Å².